The molecule has 155 valence electrons. The molecule has 0 saturated heterocycles. The van der Waals surface area contributed by atoms with Crippen molar-refractivity contribution in [1.29, 1.82) is 0 Å². The van der Waals surface area contributed by atoms with Crippen molar-refractivity contribution in [3.05, 3.63) is 83.3 Å². The predicted molar refractivity (Wildman–Crippen MR) is 112 cm³/mol. The number of carbonyl (C=O) groups excluding carboxylic acids is 2. The van der Waals surface area contributed by atoms with E-state index in [-0.39, 0.29) is 67.1 Å². The molecule has 0 aromatic heterocycles. The average Bonchev–Trinajstić information content (AvgIpc) is 2.67. The molecule has 0 spiro atoms. The van der Waals surface area contributed by atoms with Crippen molar-refractivity contribution < 1.29 is 52.2 Å². The molecule has 2 N–H and O–H groups in total. The van der Waals surface area contributed by atoms with Crippen molar-refractivity contribution in [2.24, 2.45) is 0 Å². The van der Waals surface area contributed by atoms with Crippen molar-refractivity contribution in [3.8, 4) is 0 Å². The summed E-state index contributed by atoms with van der Waals surface area (Å²) in [7, 11) is 3.67. The van der Waals surface area contributed by atoms with E-state index >= 15 is 0 Å². The first-order valence-corrected chi connectivity index (χ1v) is 9.23. The summed E-state index contributed by atoms with van der Waals surface area (Å²) in [5.41, 5.74) is 1.18. The molecule has 6 nitrogen and oxygen atoms in total. The number of aliphatic carboxylic acids is 1. The van der Waals surface area contributed by atoms with Crippen LogP contribution in [0.3, 0.4) is 0 Å². The molecule has 2 aromatic carbocycles. The first kappa shape index (κ1) is 26.3. The molecule has 9 heteroatoms. The van der Waals surface area contributed by atoms with Gasteiger partial charge in [0.05, 0.1) is 15.6 Å². The number of hydrogen-bond acceptors (Lipinski definition) is 3. The maximum atomic E-state index is 12.5. The van der Waals surface area contributed by atoms with E-state index in [0.717, 1.165) is 0 Å². The minimum absolute atomic E-state index is 0. The Morgan fingerprint density at radius 2 is 1.70 bits per heavy atom. The molecule has 0 bridgehead atoms. The van der Waals surface area contributed by atoms with Crippen molar-refractivity contribution in [1.82, 2.24) is 5.32 Å². The smallest absolute Gasteiger partial charge is 0.326 e. The van der Waals surface area contributed by atoms with E-state index in [1.807, 2.05) is 0 Å². The number of anilines is 1. The third kappa shape index (κ3) is 6.91. The minimum atomic E-state index is -1.21. The summed E-state index contributed by atoms with van der Waals surface area (Å²) >= 11 is 12.0. The maximum Gasteiger partial charge on any atom is 0.326 e. The van der Waals surface area contributed by atoms with Gasteiger partial charge in [-0.25, -0.2) is 11.8 Å². The molecule has 30 heavy (non-hydrogen) atoms. The predicted octanol–water partition coefficient (Wildman–Crippen LogP) is 3.92. The Morgan fingerprint density at radius 3 is 2.20 bits per heavy atom. The fourth-order valence-corrected chi connectivity index (χ4v) is 3.12. The third-order valence-electron chi connectivity index (χ3n) is 4.07. The molecule has 0 heterocycles. The normalized spacial score (nSPS) is 11.0. The monoisotopic (exact) mass is 521 g/mol. The van der Waals surface area contributed by atoms with Gasteiger partial charge in [0.2, 0.25) is 0 Å². The number of benzene rings is 2. The summed E-state index contributed by atoms with van der Waals surface area (Å²) in [5, 5.41) is 12.2. The van der Waals surface area contributed by atoms with Crippen molar-refractivity contribution in [2.45, 2.75) is 18.9 Å². The summed E-state index contributed by atoms with van der Waals surface area (Å²) in [6.45, 7) is 5.25. The van der Waals surface area contributed by atoms with E-state index in [9.17, 15) is 19.5 Å². The van der Waals surface area contributed by atoms with Gasteiger partial charge in [-0.05, 0) is 29.8 Å². The standard InChI is InChI=1S/C21H18Cl2N2O4.Y/c1-3-5-18(26)25(2)14-10-8-13(9-11-14)12-17(21(28)29)24-20(27)19-15(22)6-4-7-16(19)23;/h1,3-4,6-11,17H,2,5,12H2,(H,24,27)(H,28,29);/q-2;/t17-;/m0./s1. The number of carbonyl (C=O) groups is 3. The van der Waals surface area contributed by atoms with Gasteiger partial charge in [0.15, 0.2) is 5.91 Å². The Morgan fingerprint density at radius 1 is 1.13 bits per heavy atom. The van der Waals surface area contributed by atoms with Gasteiger partial charge in [-0.2, -0.15) is 0 Å². The van der Waals surface area contributed by atoms with Crippen LogP contribution in [0.5, 0.6) is 0 Å². The third-order valence-corrected chi connectivity index (χ3v) is 4.70. The van der Waals surface area contributed by atoms with E-state index < -0.39 is 17.9 Å². The van der Waals surface area contributed by atoms with Crippen LogP contribution in [0.4, 0.5) is 5.69 Å². The fourth-order valence-electron chi connectivity index (χ4n) is 2.55. The largest absolute Gasteiger partial charge is 0.517 e. The number of hydrogen-bond donors (Lipinski definition) is 2. The Labute approximate surface area is 210 Å². The summed E-state index contributed by atoms with van der Waals surface area (Å²) in [6.07, 6.45) is 1.30. The van der Waals surface area contributed by atoms with Crippen LogP contribution in [0.1, 0.15) is 22.3 Å². The molecule has 0 unspecified atom stereocenters. The van der Waals surface area contributed by atoms with Crippen LogP contribution in [0.15, 0.2) is 48.5 Å². The Balaban J connectivity index is 0.00000450. The summed E-state index contributed by atoms with van der Waals surface area (Å²) in [6, 6.07) is 9.92. The van der Waals surface area contributed by atoms with Gasteiger partial charge in [0, 0.05) is 51.2 Å². The van der Waals surface area contributed by atoms with Crippen LogP contribution in [0, 0.1) is 13.6 Å². The van der Waals surface area contributed by atoms with Crippen LogP contribution < -0.4 is 10.2 Å². The van der Waals surface area contributed by atoms with Crippen molar-refractivity contribution in [3.63, 3.8) is 0 Å². The van der Waals surface area contributed by atoms with Gasteiger partial charge in [-0.15, -0.1) is 0 Å². The van der Waals surface area contributed by atoms with Gasteiger partial charge in [0.25, 0.3) is 5.91 Å². The number of halogens is 2. The number of carboxylic acids is 1. The molecule has 2 rings (SSSR count). The zero-order valence-corrected chi connectivity index (χ0v) is 20.2. The summed E-state index contributed by atoms with van der Waals surface area (Å²) < 4.78 is 0. The molecule has 0 aliphatic carbocycles. The summed E-state index contributed by atoms with van der Waals surface area (Å²) in [5.74, 6) is -2.18. The Bertz CT molecular complexity index is 915. The number of rotatable bonds is 8. The van der Waals surface area contributed by atoms with E-state index in [2.05, 4.69) is 12.4 Å². The van der Waals surface area contributed by atoms with Gasteiger partial charge in [-0.3, -0.25) is 15.7 Å². The number of carboxylic acid groups (broad SMARTS) is 1. The molecular weight excluding hydrogens is 504 g/mol. The molecule has 1 radical (unpaired) electrons. The molecule has 2 amide bonds. The molecule has 0 saturated carbocycles. The molecule has 0 aliphatic heterocycles. The Hall–Kier alpha value is -1.73. The maximum absolute atomic E-state index is 12.5. The van der Waals surface area contributed by atoms with Crippen molar-refractivity contribution >= 4 is 46.7 Å². The second-order valence-electron chi connectivity index (χ2n) is 6.09. The number of nitrogens with one attached hydrogen (secondary N) is 1. The Kier molecular flexibility index (Phi) is 10.7. The first-order chi connectivity index (χ1) is 13.7. The van der Waals surface area contributed by atoms with Gasteiger partial charge in [-0.1, -0.05) is 41.4 Å². The van der Waals surface area contributed by atoms with Gasteiger partial charge >= 0.3 is 5.97 Å². The van der Waals surface area contributed by atoms with Crippen LogP contribution in [-0.2, 0) is 48.7 Å². The van der Waals surface area contributed by atoms with Crippen molar-refractivity contribution in [2.75, 3.05) is 4.90 Å². The van der Waals surface area contributed by atoms with E-state index in [0.29, 0.717) is 11.3 Å². The average molecular weight is 522 g/mol. The SMILES string of the molecule is [CH-]=CCC(=O)N([CH2-])c1ccc(C[C@H](NC(=O)c2c(Cl)cccc2Cl)C(=O)O)cc1.[Y]. The molecule has 0 fully saturated rings. The van der Waals surface area contributed by atoms with Crippen LogP contribution in [0.2, 0.25) is 10.0 Å². The van der Waals surface area contributed by atoms with Crippen LogP contribution >= 0.6 is 23.2 Å². The summed E-state index contributed by atoms with van der Waals surface area (Å²) in [4.78, 5) is 37.1. The topological polar surface area (TPSA) is 86.7 Å². The molecular formula is C21H18Cl2N2O4Y-2. The second-order valence-corrected chi connectivity index (χ2v) is 6.91. The van der Waals surface area contributed by atoms with E-state index in [1.165, 1.54) is 23.1 Å². The zero-order chi connectivity index (χ0) is 21.6. The van der Waals surface area contributed by atoms with Crippen LogP contribution in [-0.4, -0.2) is 28.9 Å². The van der Waals surface area contributed by atoms with Crippen LogP contribution in [0.25, 0.3) is 0 Å². The minimum Gasteiger partial charge on any atom is -0.517 e. The van der Waals surface area contributed by atoms with Gasteiger partial charge < -0.3 is 21.9 Å². The van der Waals surface area contributed by atoms with E-state index in [4.69, 9.17) is 29.8 Å². The molecule has 1 atom stereocenters. The molecule has 0 aliphatic rings. The number of nitrogens with zero attached hydrogens (tertiary/aromatic N) is 1. The fraction of sp³-hybridized carbons (Fsp3) is 0.143. The quantitative estimate of drug-likeness (QED) is 0.515. The first-order valence-electron chi connectivity index (χ1n) is 8.48. The zero-order valence-electron chi connectivity index (χ0n) is 15.8. The number of amides is 2. The van der Waals surface area contributed by atoms with E-state index in [1.54, 1.807) is 30.3 Å². The van der Waals surface area contributed by atoms with Gasteiger partial charge in [0.1, 0.15) is 6.04 Å². The molecule has 2 aromatic rings. The second kappa shape index (κ2) is 12.2.